The molecule has 5 nitrogen and oxygen atoms in total. The van der Waals surface area contributed by atoms with Crippen LogP contribution in [0, 0.1) is 0 Å². The Bertz CT molecular complexity index is 957. The molecule has 0 aliphatic carbocycles. The number of rotatable bonds is 7. The van der Waals surface area contributed by atoms with Gasteiger partial charge in [0, 0.05) is 17.5 Å². The molecule has 0 fully saturated rings. The van der Waals surface area contributed by atoms with Crippen molar-refractivity contribution < 1.29 is 4.79 Å². The van der Waals surface area contributed by atoms with Gasteiger partial charge in [0.1, 0.15) is 11.4 Å². The highest BCUT2D eigenvalue weighted by molar-refractivity contribution is 7.17. The molecule has 0 saturated carbocycles. The van der Waals surface area contributed by atoms with Crippen LogP contribution >= 0.6 is 11.3 Å². The van der Waals surface area contributed by atoms with Crippen LogP contribution in [0.4, 0.5) is 0 Å². The van der Waals surface area contributed by atoms with Crippen molar-refractivity contribution >= 4 is 27.5 Å². The lowest BCUT2D eigenvalue weighted by Gasteiger charge is -2.07. The highest BCUT2D eigenvalue weighted by atomic mass is 32.1. The molecule has 26 heavy (non-hydrogen) atoms. The SMILES string of the molecule is CCCCNC(=O)Cn1cnc2scc(-c3ccc(CC)cc3)c2c1=O. The zero-order chi connectivity index (χ0) is 18.5. The topological polar surface area (TPSA) is 64.0 Å². The lowest BCUT2D eigenvalue weighted by molar-refractivity contribution is -0.121. The van der Waals surface area contributed by atoms with E-state index in [1.54, 1.807) is 0 Å². The number of unbranched alkanes of at least 4 members (excludes halogenated alkanes) is 1. The molecule has 0 aliphatic heterocycles. The second-order valence-electron chi connectivity index (χ2n) is 6.26. The van der Waals surface area contributed by atoms with Gasteiger partial charge in [-0.15, -0.1) is 11.3 Å². The summed E-state index contributed by atoms with van der Waals surface area (Å²) >= 11 is 1.45. The van der Waals surface area contributed by atoms with E-state index in [2.05, 4.69) is 36.3 Å². The number of aryl methyl sites for hydroxylation is 1. The number of benzene rings is 1. The number of amides is 1. The molecule has 3 rings (SSSR count). The van der Waals surface area contributed by atoms with E-state index in [-0.39, 0.29) is 18.0 Å². The molecule has 1 aromatic carbocycles. The average Bonchev–Trinajstić information content (AvgIpc) is 3.09. The number of hydrogen-bond donors (Lipinski definition) is 1. The minimum atomic E-state index is -0.170. The molecule has 6 heteroatoms. The number of carbonyl (C=O) groups excluding carboxylic acids is 1. The maximum Gasteiger partial charge on any atom is 0.263 e. The standard InChI is InChI=1S/C20H23N3O2S/c1-3-5-10-21-17(24)11-23-13-22-19-18(20(23)25)16(12-26-19)15-8-6-14(4-2)7-9-15/h6-9,12-13H,3-5,10-11H2,1-2H3,(H,21,24). The molecule has 3 aromatic rings. The maximum atomic E-state index is 12.9. The lowest BCUT2D eigenvalue weighted by Crippen LogP contribution is -2.32. The molecule has 1 amide bonds. The summed E-state index contributed by atoms with van der Waals surface area (Å²) in [6.45, 7) is 4.81. The van der Waals surface area contributed by atoms with Gasteiger partial charge in [0.25, 0.3) is 5.56 Å². The summed E-state index contributed by atoms with van der Waals surface area (Å²) in [4.78, 5) is 30.0. The molecule has 136 valence electrons. The predicted molar refractivity (Wildman–Crippen MR) is 107 cm³/mol. The van der Waals surface area contributed by atoms with E-state index >= 15 is 0 Å². The predicted octanol–water partition coefficient (Wildman–Crippen LogP) is 3.60. The van der Waals surface area contributed by atoms with Crippen LogP contribution in [-0.4, -0.2) is 22.0 Å². The average molecular weight is 369 g/mol. The third-order valence-corrected chi connectivity index (χ3v) is 5.29. The van der Waals surface area contributed by atoms with E-state index in [1.807, 2.05) is 17.5 Å². The number of nitrogens with one attached hydrogen (secondary N) is 1. The first-order valence-corrected chi connectivity index (χ1v) is 9.84. The fourth-order valence-corrected chi connectivity index (χ4v) is 3.73. The summed E-state index contributed by atoms with van der Waals surface area (Å²) in [5, 5.41) is 5.39. The third kappa shape index (κ3) is 3.85. The molecule has 0 aliphatic rings. The fourth-order valence-electron chi connectivity index (χ4n) is 2.83. The monoisotopic (exact) mass is 369 g/mol. The van der Waals surface area contributed by atoms with Crippen LogP contribution in [0.1, 0.15) is 32.3 Å². The van der Waals surface area contributed by atoms with Crippen molar-refractivity contribution in [3.05, 3.63) is 51.9 Å². The number of hydrogen-bond acceptors (Lipinski definition) is 4. The zero-order valence-corrected chi connectivity index (χ0v) is 15.9. The van der Waals surface area contributed by atoms with Gasteiger partial charge in [0.05, 0.1) is 11.7 Å². The van der Waals surface area contributed by atoms with Crippen molar-refractivity contribution in [2.45, 2.75) is 39.7 Å². The van der Waals surface area contributed by atoms with Crippen LogP contribution < -0.4 is 10.9 Å². The van der Waals surface area contributed by atoms with E-state index < -0.39 is 0 Å². The smallest absolute Gasteiger partial charge is 0.263 e. The Labute approximate surface area is 156 Å². The Hall–Kier alpha value is -2.47. The van der Waals surface area contributed by atoms with Gasteiger partial charge in [0.15, 0.2) is 0 Å². The van der Waals surface area contributed by atoms with Crippen molar-refractivity contribution in [1.29, 1.82) is 0 Å². The van der Waals surface area contributed by atoms with Crippen molar-refractivity contribution in [1.82, 2.24) is 14.9 Å². The van der Waals surface area contributed by atoms with Crippen LogP contribution in [0.25, 0.3) is 21.3 Å². The van der Waals surface area contributed by atoms with Gasteiger partial charge in [-0.2, -0.15) is 0 Å². The van der Waals surface area contributed by atoms with Crippen LogP contribution in [-0.2, 0) is 17.8 Å². The Morgan fingerprint density at radius 2 is 2.00 bits per heavy atom. The van der Waals surface area contributed by atoms with Gasteiger partial charge >= 0.3 is 0 Å². The summed E-state index contributed by atoms with van der Waals surface area (Å²) in [5.41, 5.74) is 2.97. The Kier molecular flexibility index (Phi) is 5.83. The normalized spacial score (nSPS) is 11.0. The molecule has 0 spiro atoms. The number of aromatic nitrogens is 2. The molecule has 0 bridgehead atoms. The van der Waals surface area contributed by atoms with Crippen molar-refractivity contribution in [3.8, 4) is 11.1 Å². The minimum Gasteiger partial charge on any atom is -0.355 e. The van der Waals surface area contributed by atoms with E-state index in [1.165, 1.54) is 27.8 Å². The third-order valence-electron chi connectivity index (χ3n) is 4.40. The van der Waals surface area contributed by atoms with Gasteiger partial charge in [-0.25, -0.2) is 4.98 Å². The highest BCUT2D eigenvalue weighted by Crippen LogP contribution is 2.30. The first-order valence-electron chi connectivity index (χ1n) is 8.96. The summed E-state index contributed by atoms with van der Waals surface area (Å²) < 4.78 is 1.39. The van der Waals surface area contributed by atoms with Crippen molar-refractivity contribution in [2.75, 3.05) is 6.54 Å². The first kappa shape index (κ1) is 18.3. The molecule has 1 N–H and O–H groups in total. The first-order chi connectivity index (χ1) is 12.6. The van der Waals surface area contributed by atoms with Gasteiger partial charge < -0.3 is 5.32 Å². The summed E-state index contributed by atoms with van der Waals surface area (Å²) in [5.74, 6) is -0.161. The van der Waals surface area contributed by atoms with Crippen LogP contribution in [0.3, 0.4) is 0 Å². The fraction of sp³-hybridized carbons (Fsp3) is 0.350. The van der Waals surface area contributed by atoms with Gasteiger partial charge in [-0.1, -0.05) is 44.5 Å². The molecule has 0 atom stereocenters. The van der Waals surface area contributed by atoms with Crippen molar-refractivity contribution in [3.63, 3.8) is 0 Å². The Morgan fingerprint density at radius 3 is 2.69 bits per heavy atom. The van der Waals surface area contributed by atoms with Gasteiger partial charge in [-0.3, -0.25) is 14.2 Å². The molecular formula is C20H23N3O2S. The highest BCUT2D eigenvalue weighted by Gasteiger charge is 2.14. The lowest BCUT2D eigenvalue weighted by atomic mass is 10.0. The second-order valence-corrected chi connectivity index (χ2v) is 7.12. The zero-order valence-electron chi connectivity index (χ0n) is 15.1. The Morgan fingerprint density at radius 1 is 1.23 bits per heavy atom. The number of carbonyl (C=O) groups is 1. The van der Waals surface area contributed by atoms with E-state index in [9.17, 15) is 9.59 Å². The molecule has 0 saturated heterocycles. The quantitative estimate of drug-likeness (QED) is 0.647. The molecule has 0 radical (unpaired) electrons. The van der Waals surface area contributed by atoms with Gasteiger partial charge in [-0.05, 0) is 24.0 Å². The largest absolute Gasteiger partial charge is 0.355 e. The van der Waals surface area contributed by atoms with E-state index in [0.717, 1.165) is 30.4 Å². The van der Waals surface area contributed by atoms with E-state index in [4.69, 9.17) is 0 Å². The summed E-state index contributed by atoms with van der Waals surface area (Å²) in [6.07, 6.45) is 4.39. The molecule has 2 aromatic heterocycles. The number of nitrogens with zero attached hydrogens (tertiary/aromatic N) is 2. The van der Waals surface area contributed by atoms with Crippen LogP contribution in [0.2, 0.25) is 0 Å². The van der Waals surface area contributed by atoms with Gasteiger partial charge in [0.2, 0.25) is 5.91 Å². The molecule has 0 unspecified atom stereocenters. The molecular weight excluding hydrogens is 346 g/mol. The van der Waals surface area contributed by atoms with E-state index in [0.29, 0.717) is 16.8 Å². The number of fused-ring (bicyclic) bond motifs is 1. The maximum absolute atomic E-state index is 12.9. The number of thiophene rings is 1. The van der Waals surface area contributed by atoms with Crippen LogP contribution in [0.5, 0.6) is 0 Å². The molecule has 2 heterocycles. The Balaban J connectivity index is 1.92. The second kappa shape index (κ2) is 8.27. The summed E-state index contributed by atoms with van der Waals surface area (Å²) in [6, 6.07) is 8.23. The summed E-state index contributed by atoms with van der Waals surface area (Å²) in [7, 11) is 0. The van der Waals surface area contributed by atoms with Crippen LogP contribution in [0.15, 0.2) is 40.8 Å². The minimum absolute atomic E-state index is 0.00442. The van der Waals surface area contributed by atoms with Crippen molar-refractivity contribution in [2.24, 2.45) is 0 Å².